The second-order valence-electron chi connectivity index (χ2n) is 5.06. The molecule has 0 radical (unpaired) electrons. The van der Waals surface area contributed by atoms with Crippen LogP contribution in [-0.2, 0) is 16.1 Å². The predicted molar refractivity (Wildman–Crippen MR) is 68.8 cm³/mol. The van der Waals surface area contributed by atoms with E-state index >= 15 is 0 Å². The minimum atomic E-state index is -3.11. The average molecular weight is 321 g/mol. The standard InChI is InChI=1S/C14H15F4NO3/c1-21-12(20)14(18)4-5-19(8-14)7-9-2-3-11(10(15)6-9)22-13(16)17/h2-3,6,13H,4-5,7-8H2,1H3. The first-order chi connectivity index (χ1) is 10.3. The van der Waals surface area contributed by atoms with Gasteiger partial charge in [-0.05, 0) is 17.7 Å². The number of benzene rings is 1. The highest BCUT2D eigenvalue weighted by atomic mass is 19.3. The number of rotatable bonds is 5. The highest BCUT2D eigenvalue weighted by Gasteiger charge is 2.46. The topological polar surface area (TPSA) is 38.8 Å². The van der Waals surface area contributed by atoms with E-state index in [0.717, 1.165) is 19.2 Å². The van der Waals surface area contributed by atoms with E-state index in [1.54, 1.807) is 4.90 Å². The molecule has 1 fully saturated rings. The van der Waals surface area contributed by atoms with Crippen molar-refractivity contribution in [3.63, 3.8) is 0 Å². The Bertz CT molecular complexity index is 555. The Morgan fingerprint density at radius 2 is 2.18 bits per heavy atom. The number of hydrogen-bond acceptors (Lipinski definition) is 4. The summed E-state index contributed by atoms with van der Waals surface area (Å²) in [5.41, 5.74) is -1.60. The molecule has 0 bridgehead atoms. The Balaban J connectivity index is 2.00. The molecule has 1 aromatic rings. The van der Waals surface area contributed by atoms with Gasteiger partial charge in [-0.3, -0.25) is 4.90 Å². The van der Waals surface area contributed by atoms with Gasteiger partial charge in [-0.1, -0.05) is 6.07 Å². The highest BCUT2D eigenvalue weighted by Crippen LogP contribution is 2.29. The molecule has 4 nitrogen and oxygen atoms in total. The number of alkyl halides is 3. The molecule has 0 saturated carbocycles. The zero-order valence-corrected chi connectivity index (χ0v) is 11.8. The fourth-order valence-corrected chi connectivity index (χ4v) is 2.42. The summed E-state index contributed by atoms with van der Waals surface area (Å²) < 4.78 is 60.4. The number of esters is 1. The fraction of sp³-hybridized carbons (Fsp3) is 0.500. The van der Waals surface area contributed by atoms with Crippen LogP contribution in [0, 0.1) is 5.82 Å². The van der Waals surface area contributed by atoms with Crippen LogP contribution in [0.15, 0.2) is 18.2 Å². The maximum atomic E-state index is 14.3. The maximum Gasteiger partial charge on any atom is 0.387 e. The van der Waals surface area contributed by atoms with Gasteiger partial charge in [-0.25, -0.2) is 13.6 Å². The van der Waals surface area contributed by atoms with Crippen LogP contribution in [-0.4, -0.2) is 43.3 Å². The van der Waals surface area contributed by atoms with Crippen molar-refractivity contribution in [1.29, 1.82) is 0 Å². The van der Waals surface area contributed by atoms with Crippen LogP contribution < -0.4 is 4.74 Å². The summed E-state index contributed by atoms with van der Waals surface area (Å²) in [6.45, 7) is -2.76. The van der Waals surface area contributed by atoms with Gasteiger partial charge in [0.1, 0.15) is 0 Å². The predicted octanol–water partition coefficient (Wildman–Crippen LogP) is 2.51. The molecule has 1 atom stereocenters. The highest BCUT2D eigenvalue weighted by molar-refractivity contribution is 5.80. The van der Waals surface area contributed by atoms with E-state index in [4.69, 9.17) is 0 Å². The van der Waals surface area contributed by atoms with Crippen LogP contribution in [0.2, 0.25) is 0 Å². The van der Waals surface area contributed by atoms with Crippen molar-refractivity contribution < 1.29 is 31.8 Å². The number of nitrogens with zero attached hydrogens (tertiary/aromatic N) is 1. The fourth-order valence-electron chi connectivity index (χ4n) is 2.42. The first-order valence-corrected chi connectivity index (χ1v) is 6.57. The summed E-state index contributed by atoms with van der Waals surface area (Å²) >= 11 is 0. The molecule has 0 aromatic heterocycles. The van der Waals surface area contributed by atoms with Crippen molar-refractivity contribution in [2.45, 2.75) is 25.2 Å². The van der Waals surface area contributed by atoms with Gasteiger partial charge in [-0.15, -0.1) is 0 Å². The number of carbonyl (C=O) groups excluding carboxylic acids is 1. The summed E-state index contributed by atoms with van der Waals surface area (Å²) in [6, 6.07) is 3.56. The molecule has 0 N–H and O–H groups in total. The van der Waals surface area contributed by atoms with Crippen molar-refractivity contribution in [2.75, 3.05) is 20.2 Å². The molecule has 122 valence electrons. The summed E-state index contributed by atoms with van der Waals surface area (Å²) in [5, 5.41) is 0. The van der Waals surface area contributed by atoms with Crippen molar-refractivity contribution in [3.8, 4) is 5.75 Å². The lowest BCUT2D eigenvalue weighted by Gasteiger charge is -2.19. The minimum Gasteiger partial charge on any atom is -0.467 e. The second-order valence-corrected chi connectivity index (χ2v) is 5.06. The number of carbonyl (C=O) groups is 1. The van der Waals surface area contributed by atoms with Gasteiger partial charge in [0.15, 0.2) is 11.6 Å². The lowest BCUT2D eigenvalue weighted by molar-refractivity contribution is -0.153. The summed E-state index contributed by atoms with van der Waals surface area (Å²) in [4.78, 5) is 13.0. The van der Waals surface area contributed by atoms with Gasteiger partial charge >= 0.3 is 12.6 Å². The molecule has 8 heteroatoms. The van der Waals surface area contributed by atoms with E-state index < -0.39 is 29.8 Å². The summed E-state index contributed by atoms with van der Waals surface area (Å²) in [7, 11) is 1.11. The van der Waals surface area contributed by atoms with Crippen LogP contribution >= 0.6 is 0 Å². The molecule has 1 heterocycles. The van der Waals surface area contributed by atoms with Crippen molar-refractivity contribution in [2.24, 2.45) is 0 Å². The Labute approximate surface area is 124 Å². The van der Waals surface area contributed by atoms with Gasteiger partial charge in [-0.2, -0.15) is 8.78 Å². The molecule has 0 amide bonds. The third-order valence-corrected chi connectivity index (χ3v) is 3.47. The van der Waals surface area contributed by atoms with Gasteiger partial charge in [0.25, 0.3) is 0 Å². The Morgan fingerprint density at radius 3 is 2.77 bits per heavy atom. The molecule has 1 aliphatic rings. The first-order valence-electron chi connectivity index (χ1n) is 6.57. The quantitative estimate of drug-likeness (QED) is 0.617. The zero-order chi connectivity index (χ0) is 16.3. The third-order valence-electron chi connectivity index (χ3n) is 3.47. The molecule has 1 aliphatic heterocycles. The van der Waals surface area contributed by atoms with E-state index in [-0.39, 0.29) is 19.5 Å². The van der Waals surface area contributed by atoms with Crippen molar-refractivity contribution in [1.82, 2.24) is 4.90 Å². The molecular formula is C14H15F4NO3. The number of methoxy groups -OCH3 is 1. The normalized spacial score (nSPS) is 22.1. The van der Waals surface area contributed by atoms with Crippen molar-refractivity contribution >= 4 is 5.97 Å². The lowest BCUT2D eigenvalue weighted by atomic mass is 10.1. The van der Waals surface area contributed by atoms with E-state index in [1.807, 2.05) is 0 Å². The average Bonchev–Trinajstić information content (AvgIpc) is 2.83. The van der Waals surface area contributed by atoms with Gasteiger partial charge in [0.05, 0.1) is 7.11 Å². The molecule has 0 spiro atoms. The number of ether oxygens (including phenoxy) is 2. The Kier molecular flexibility index (Phi) is 4.90. The monoisotopic (exact) mass is 321 g/mol. The first kappa shape index (κ1) is 16.5. The molecule has 1 unspecified atom stereocenters. The van der Waals surface area contributed by atoms with Crippen molar-refractivity contribution in [3.05, 3.63) is 29.6 Å². The largest absolute Gasteiger partial charge is 0.467 e. The van der Waals surface area contributed by atoms with Crippen LogP contribution in [0.4, 0.5) is 17.6 Å². The Morgan fingerprint density at radius 1 is 1.45 bits per heavy atom. The minimum absolute atomic E-state index is 0.00523. The zero-order valence-electron chi connectivity index (χ0n) is 11.8. The molecule has 1 aromatic carbocycles. The lowest BCUT2D eigenvalue weighted by Crippen LogP contribution is -2.38. The number of halogens is 4. The molecule has 0 aliphatic carbocycles. The molecule has 2 rings (SSSR count). The van der Waals surface area contributed by atoms with E-state index in [2.05, 4.69) is 9.47 Å². The van der Waals surface area contributed by atoms with Crippen LogP contribution in [0.5, 0.6) is 5.75 Å². The van der Waals surface area contributed by atoms with Crippen LogP contribution in [0.3, 0.4) is 0 Å². The number of likely N-dealkylation sites (tertiary alicyclic amines) is 1. The number of hydrogen-bond donors (Lipinski definition) is 0. The Hall–Kier alpha value is -1.83. The molecule has 22 heavy (non-hydrogen) atoms. The van der Waals surface area contributed by atoms with E-state index in [1.165, 1.54) is 6.07 Å². The van der Waals surface area contributed by atoms with E-state index in [0.29, 0.717) is 12.1 Å². The summed E-state index contributed by atoms with van der Waals surface area (Å²) in [6.07, 6.45) is -0.00523. The van der Waals surface area contributed by atoms with Crippen LogP contribution in [0.25, 0.3) is 0 Å². The third kappa shape index (κ3) is 3.68. The maximum absolute atomic E-state index is 14.3. The van der Waals surface area contributed by atoms with Gasteiger partial charge in [0, 0.05) is 26.1 Å². The van der Waals surface area contributed by atoms with Crippen LogP contribution in [0.1, 0.15) is 12.0 Å². The van der Waals surface area contributed by atoms with Gasteiger partial charge in [0.2, 0.25) is 5.67 Å². The molecular weight excluding hydrogens is 306 g/mol. The second kappa shape index (κ2) is 6.51. The SMILES string of the molecule is COC(=O)C1(F)CCN(Cc2ccc(OC(F)F)c(F)c2)C1. The smallest absolute Gasteiger partial charge is 0.387 e. The molecule has 1 saturated heterocycles. The summed E-state index contributed by atoms with van der Waals surface area (Å²) in [5.74, 6) is -2.40. The van der Waals surface area contributed by atoms with E-state index in [9.17, 15) is 22.4 Å². The van der Waals surface area contributed by atoms with Gasteiger partial charge < -0.3 is 9.47 Å².